The largest absolute Gasteiger partial charge is 0.297 e. The molecule has 0 N–H and O–H groups in total. The zero-order chi connectivity index (χ0) is 18.3. The van der Waals surface area contributed by atoms with Gasteiger partial charge in [0.2, 0.25) is 0 Å². The maximum atomic E-state index is 12.8. The SMILES string of the molecule is CC1CN(Cc2ccccc2)CC(N2C(=O)c3ccccc3C2=O)C1=O. The summed E-state index contributed by atoms with van der Waals surface area (Å²) in [6, 6.07) is 16.0. The summed E-state index contributed by atoms with van der Waals surface area (Å²) in [7, 11) is 0. The Hall–Kier alpha value is -2.79. The van der Waals surface area contributed by atoms with Crippen LogP contribution in [0.5, 0.6) is 0 Å². The van der Waals surface area contributed by atoms with E-state index in [0.29, 0.717) is 30.8 Å². The van der Waals surface area contributed by atoms with Crippen molar-refractivity contribution in [1.82, 2.24) is 9.80 Å². The van der Waals surface area contributed by atoms with Crippen LogP contribution in [-0.4, -0.2) is 46.5 Å². The molecular formula is C21H20N2O3. The fourth-order valence-electron chi connectivity index (χ4n) is 3.89. The van der Waals surface area contributed by atoms with E-state index >= 15 is 0 Å². The third-order valence-electron chi connectivity index (χ3n) is 5.16. The van der Waals surface area contributed by atoms with Gasteiger partial charge in [-0.2, -0.15) is 0 Å². The number of ketones is 1. The minimum absolute atomic E-state index is 0.0381. The Morgan fingerprint density at radius 2 is 1.42 bits per heavy atom. The quantitative estimate of drug-likeness (QED) is 0.799. The molecule has 26 heavy (non-hydrogen) atoms. The van der Waals surface area contributed by atoms with Gasteiger partial charge in [0, 0.05) is 25.6 Å². The highest BCUT2D eigenvalue weighted by Gasteiger charge is 2.46. The first-order valence-electron chi connectivity index (χ1n) is 8.83. The molecule has 0 radical (unpaired) electrons. The Labute approximate surface area is 152 Å². The Bertz CT molecular complexity index is 843. The number of fused-ring (bicyclic) bond motifs is 1. The number of likely N-dealkylation sites (tertiary alicyclic amines) is 1. The number of carbonyl (C=O) groups is 3. The van der Waals surface area contributed by atoms with Crippen molar-refractivity contribution in [2.45, 2.75) is 19.5 Å². The first-order chi connectivity index (χ1) is 12.6. The second-order valence-electron chi connectivity index (χ2n) is 7.02. The normalized spacial score (nSPS) is 23.4. The fraction of sp³-hybridized carbons (Fsp3) is 0.286. The fourth-order valence-corrected chi connectivity index (χ4v) is 3.89. The monoisotopic (exact) mass is 348 g/mol. The van der Waals surface area contributed by atoms with Gasteiger partial charge in [0.25, 0.3) is 11.8 Å². The van der Waals surface area contributed by atoms with Gasteiger partial charge in [0.05, 0.1) is 11.1 Å². The molecule has 1 fully saturated rings. The van der Waals surface area contributed by atoms with Gasteiger partial charge in [-0.15, -0.1) is 0 Å². The third kappa shape index (κ3) is 2.74. The smallest absolute Gasteiger partial charge is 0.262 e. The Morgan fingerprint density at radius 3 is 2.04 bits per heavy atom. The molecule has 2 aromatic carbocycles. The number of rotatable bonds is 3. The molecule has 5 nitrogen and oxygen atoms in total. The summed E-state index contributed by atoms with van der Waals surface area (Å²) in [4.78, 5) is 41.6. The first-order valence-corrected chi connectivity index (χ1v) is 8.83. The van der Waals surface area contributed by atoms with Crippen LogP contribution in [0.1, 0.15) is 33.2 Å². The van der Waals surface area contributed by atoms with Crippen molar-refractivity contribution in [3.05, 3.63) is 71.3 Å². The molecule has 2 atom stereocenters. The molecule has 2 aromatic rings. The molecule has 0 bridgehead atoms. The summed E-state index contributed by atoms with van der Waals surface area (Å²) in [5, 5.41) is 0. The van der Waals surface area contributed by atoms with E-state index in [-0.39, 0.29) is 23.5 Å². The van der Waals surface area contributed by atoms with Crippen LogP contribution in [0.2, 0.25) is 0 Å². The van der Waals surface area contributed by atoms with Gasteiger partial charge >= 0.3 is 0 Å². The van der Waals surface area contributed by atoms with Crippen LogP contribution < -0.4 is 0 Å². The van der Waals surface area contributed by atoms with Crippen molar-refractivity contribution in [2.24, 2.45) is 5.92 Å². The standard InChI is InChI=1S/C21H20N2O3/c1-14-11-22(12-15-7-3-2-4-8-15)13-18(19(14)24)23-20(25)16-9-5-6-10-17(16)21(23)26/h2-10,14,18H,11-13H2,1H3. The van der Waals surface area contributed by atoms with E-state index in [1.165, 1.54) is 4.90 Å². The average molecular weight is 348 g/mol. The molecule has 1 saturated heterocycles. The average Bonchev–Trinajstić information content (AvgIpc) is 2.90. The maximum absolute atomic E-state index is 12.8. The molecule has 0 saturated carbocycles. The summed E-state index contributed by atoms with van der Waals surface area (Å²) in [6.45, 7) is 3.57. The van der Waals surface area contributed by atoms with Crippen LogP contribution in [0.4, 0.5) is 0 Å². The van der Waals surface area contributed by atoms with Crippen molar-refractivity contribution in [2.75, 3.05) is 13.1 Å². The zero-order valence-electron chi connectivity index (χ0n) is 14.6. The summed E-state index contributed by atoms with van der Waals surface area (Å²) in [6.07, 6.45) is 0. The summed E-state index contributed by atoms with van der Waals surface area (Å²) >= 11 is 0. The van der Waals surface area contributed by atoms with Crippen LogP contribution in [0.3, 0.4) is 0 Å². The summed E-state index contributed by atoms with van der Waals surface area (Å²) < 4.78 is 0. The zero-order valence-corrected chi connectivity index (χ0v) is 14.6. The highest BCUT2D eigenvalue weighted by Crippen LogP contribution is 2.28. The topological polar surface area (TPSA) is 57.7 Å². The number of amides is 2. The Morgan fingerprint density at radius 1 is 0.846 bits per heavy atom. The van der Waals surface area contributed by atoms with Crippen molar-refractivity contribution in [1.29, 1.82) is 0 Å². The van der Waals surface area contributed by atoms with Crippen molar-refractivity contribution >= 4 is 17.6 Å². The number of benzene rings is 2. The third-order valence-corrected chi connectivity index (χ3v) is 5.16. The second kappa shape index (κ2) is 6.50. The Balaban J connectivity index is 1.60. The van der Waals surface area contributed by atoms with Crippen molar-refractivity contribution in [3.8, 4) is 0 Å². The molecule has 0 spiro atoms. The summed E-state index contributed by atoms with van der Waals surface area (Å²) in [5.41, 5.74) is 1.92. The van der Waals surface area contributed by atoms with Crippen LogP contribution in [-0.2, 0) is 11.3 Å². The molecule has 2 heterocycles. The lowest BCUT2D eigenvalue weighted by molar-refractivity contribution is -0.130. The molecule has 2 aliphatic rings. The van der Waals surface area contributed by atoms with Crippen LogP contribution in [0, 0.1) is 5.92 Å². The van der Waals surface area contributed by atoms with Crippen LogP contribution in [0.25, 0.3) is 0 Å². The van der Waals surface area contributed by atoms with E-state index in [1.54, 1.807) is 24.3 Å². The van der Waals surface area contributed by atoms with Gasteiger partial charge in [-0.05, 0) is 17.7 Å². The number of hydrogen-bond donors (Lipinski definition) is 0. The lowest BCUT2D eigenvalue weighted by atomic mass is 9.92. The Kier molecular flexibility index (Phi) is 4.17. The first kappa shape index (κ1) is 16.7. The van der Waals surface area contributed by atoms with E-state index in [4.69, 9.17) is 0 Å². The van der Waals surface area contributed by atoms with E-state index in [1.807, 2.05) is 37.3 Å². The minimum atomic E-state index is -0.727. The predicted octanol–water partition coefficient (Wildman–Crippen LogP) is 2.37. The van der Waals surface area contributed by atoms with Crippen molar-refractivity contribution in [3.63, 3.8) is 0 Å². The van der Waals surface area contributed by atoms with Gasteiger partial charge < -0.3 is 0 Å². The molecule has 132 valence electrons. The van der Waals surface area contributed by atoms with Crippen LogP contribution >= 0.6 is 0 Å². The van der Waals surface area contributed by atoms with E-state index in [2.05, 4.69) is 4.90 Å². The number of carbonyl (C=O) groups excluding carboxylic acids is 3. The van der Waals surface area contributed by atoms with Gasteiger partial charge in [-0.3, -0.25) is 24.2 Å². The highest BCUT2D eigenvalue weighted by molar-refractivity contribution is 6.23. The van der Waals surface area contributed by atoms with E-state index in [9.17, 15) is 14.4 Å². The molecule has 0 aromatic heterocycles. The van der Waals surface area contributed by atoms with E-state index < -0.39 is 6.04 Å². The molecule has 4 rings (SSSR count). The number of nitrogens with zero attached hydrogens (tertiary/aromatic N) is 2. The predicted molar refractivity (Wildman–Crippen MR) is 96.6 cm³/mol. The van der Waals surface area contributed by atoms with Gasteiger partial charge in [-0.1, -0.05) is 49.4 Å². The molecule has 2 unspecified atom stereocenters. The number of Topliss-reactive ketones (excluding diaryl/α,β-unsaturated/α-hetero) is 1. The minimum Gasteiger partial charge on any atom is -0.297 e. The van der Waals surface area contributed by atoms with Gasteiger partial charge in [0.15, 0.2) is 5.78 Å². The van der Waals surface area contributed by atoms with Gasteiger partial charge in [0.1, 0.15) is 6.04 Å². The maximum Gasteiger partial charge on any atom is 0.262 e. The number of imide groups is 1. The number of hydrogen-bond acceptors (Lipinski definition) is 4. The molecule has 2 amide bonds. The number of piperidine rings is 1. The molecular weight excluding hydrogens is 328 g/mol. The molecule has 2 aliphatic heterocycles. The van der Waals surface area contributed by atoms with Crippen LogP contribution in [0.15, 0.2) is 54.6 Å². The van der Waals surface area contributed by atoms with E-state index in [0.717, 1.165) is 5.56 Å². The van der Waals surface area contributed by atoms with Gasteiger partial charge in [-0.25, -0.2) is 0 Å². The van der Waals surface area contributed by atoms with Crippen molar-refractivity contribution < 1.29 is 14.4 Å². The lowest BCUT2D eigenvalue weighted by Gasteiger charge is -2.38. The highest BCUT2D eigenvalue weighted by atomic mass is 16.2. The lowest BCUT2D eigenvalue weighted by Crippen LogP contribution is -2.57. The summed E-state index contributed by atoms with van der Waals surface area (Å²) in [5.74, 6) is -0.985. The molecule has 0 aliphatic carbocycles. The molecule has 5 heteroatoms. The second-order valence-corrected chi connectivity index (χ2v) is 7.02.